The molecule has 3 rings (SSSR count). The van der Waals surface area contributed by atoms with Gasteiger partial charge in [0.1, 0.15) is 0 Å². The molecule has 3 heteroatoms. The highest BCUT2D eigenvalue weighted by Crippen LogP contribution is 2.34. The third kappa shape index (κ3) is 2.53. The van der Waals surface area contributed by atoms with Crippen molar-refractivity contribution in [1.29, 1.82) is 0 Å². The van der Waals surface area contributed by atoms with E-state index in [0.29, 0.717) is 0 Å². The number of hydrogen-bond acceptors (Lipinski definition) is 2. The molecule has 1 N–H and O–H groups in total. The molecule has 0 radical (unpaired) electrons. The molecule has 2 aromatic rings. The lowest BCUT2D eigenvalue weighted by atomic mass is 9.97. The maximum atomic E-state index is 3.65. The number of nitrogens with zero attached hydrogens (tertiary/aromatic N) is 1. The summed E-state index contributed by atoms with van der Waals surface area (Å²) in [6.45, 7) is 2.01. The van der Waals surface area contributed by atoms with Gasteiger partial charge in [-0.1, -0.05) is 46.3 Å². The van der Waals surface area contributed by atoms with Crippen molar-refractivity contribution in [3.63, 3.8) is 0 Å². The SMILES string of the molecule is CN1CCNC(c2ccccc2)c2cc(Br)ccc21. The number of benzene rings is 2. The summed E-state index contributed by atoms with van der Waals surface area (Å²) in [5.74, 6) is 0. The summed E-state index contributed by atoms with van der Waals surface area (Å²) in [4.78, 5) is 2.32. The fourth-order valence-corrected chi connectivity index (χ4v) is 3.03. The molecular formula is C16H17BrN2. The van der Waals surface area contributed by atoms with Gasteiger partial charge in [-0.25, -0.2) is 0 Å². The Morgan fingerprint density at radius 1 is 1.16 bits per heavy atom. The average Bonchev–Trinajstić information content (AvgIpc) is 2.59. The van der Waals surface area contributed by atoms with Crippen LogP contribution in [0, 0.1) is 0 Å². The van der Waals surface area contributed by atoms with Crippen LogP contribution in [0.15, 0.2) is 53.0 Å². The molecule has 1 atom stereocenters. The van der Waals surface area contributed by atoms with Crippen molar-refractivity contribution in [2.24, 2.45) is 0 Å². The minimum atomic E-state index is 0.263. The predicted molar refractivity (Wildman–Crippen MR) is 83.7 cm³/mol. The van der Waals surface area contributed by atoms with Crippen LogP contribution >= 0.6 is 15.9 Å². The molecule has 2 aromatic carbocycles. The van der Waals surface area contributed by atoms with Crippen molar-refractivity contribution in [3.05, 3.63) is 64.1 Å². The minimum absolute atomic E-state index is 0.263. The highest BCUT2D eigenvalue weighted by Gasteiger charge is 2.22. The number of hydrogen-bond donors (Lipinski definition) is 1. The predicted octanol–water partition coefficient (Wildman–Crippen LogP) is 3.58. The highest BCUT2D eigenvalue weighted by molar-refractivity contribution is 9.10. The standard InChI is InChI=1S/C16H17BrN2/c1-19-10-9-18-16(12-5-3-2-4-6-12)14-11-13(17)7-8-15(14)19/h2-8,11,16,18H,9-10H2,1H3. The summed E-state index contributed by atoms with van der Waals surface area (Å²) >= 11 is 3.59. The van der Waals surface area contributed by atoms with Gasteiger partial charge >= 0.3 is 0 Å². The molecule has 0 aromatic heterocycles. The second-order valence-electron chi connectivity index (χ2n) is 4.92. The van der Waals surface area contributed by atoms with Gasteiger partial charge in [-0.3, -0.25) is 0 Å². The van der Waals surface area contributed by atoms with Crippen molar-refractivity contribution >= 4 is 21.6 Å². The molecule has 0 amide bonds. The Morgan fingerprint density at radius 3 is 2.74 bits per heavy atom. The Balaban J connectivity index is 2.12. The van der Waals surface area contributed by atoms with Gasteiger partial charge in [-0.05, 0) is 29.3 Å². The van der Waals surface area contributed by atoms with Crippen molar-refractivity contribution < 1.29 is 0 Å². The lowest BCUT2D eigenvalue weighted by Crippen LogP contribution is -2.26. The molecule has 0 spiro atoms. The molecule has 98 valence electrons. The van der Waals surface area contributed by atoms with Crippen LogP contribution in [0.3, 0.4) is 0 Å². The summed E-state index contributed by atoms with van der Waals surface area (Å²) in [5.41, 5.74) is 3.96. The number of rotatable bonds is 1. The van der Waals surface area contributed by atoms with E-state index in [4.69, 9.17) is 0 Å². The van der Waals surface area contributed by atoms with Crippen LogP contribution in [0.4, 0.5) is 5.69 Å². The van der Waals surface area contributed by atoms with E-state index in [1.54, 1.807) is 0 Å². The van der Waals surface area contributed by atoms with E-state index >= 15 is 0 Å². The molecule has 1 unspecified atom stereocenters. The second kappa shape index (κ2) is 5.35. The van der Waals surface area contributed by atoms with Crippen molar-refractivity contribution in [2.75, 3.05) is 25.0 Å². The van der Waals surface area contributed by atoms with Gasteiger partial charge in [0.2, 0.25) is 0 Å². The maximum absolute atomic E-state index is 3.65. The van der Waals surface area contributed by atoms with Crippen LogP contribution in [0.5, 0.6) is 0 Å². The first-order chi connectivity index (χ1) is 9.25. The zero-order chi connectivity index (χ0) is 13.2. The molecule has 1 aliphatic heterocycles. The lowest BCUT2D eigenvalue weighted by molar-refractivity contribution is 0.626. The lowest BCUT2D eigenvalue weighted by Gasteiger charge is -2.22. The molecule has 0 bridgehead atoms. The average molecular weight is 317 g/mol. The number of fused-ring (bicyclic) bond motifs is 1. The van der Waals surface area contributed by atoms with Crippen LogP contribution in [0.2, 0.25) is 0 Å². The van der Waals surface area contributed by atoms with Crippen LogP contribution in [-0.2, 0) is 0 Å². The minimum Gasteiger partial charge on any atom is -0.373 e. The van der Waals surface area contributed by atoms with Crippen LogP contribution in [0.1, 0.15) is 17.2 Å². The molecule has 1 aliphatic rings. The van der Waals surface area contributed by atoms with E-state index in [-0.39, 0.29) is 6.04 Å². The van der Waals surface area contributed by atoms with Gasteiger partial charge in [0, 0.05) is 30.3 Å². The van der Waals surface area contributed by atoms with Crippen LogP contribution in [0.25, 0.3) is 0 Å². The zero-order valence-electron chi connectivity index (χ0n) is 10.9. The fourth-order valence-electron chi connectivity index (χ4n) is 2.65. The van der Waals surface area contributed by atoms with Gasteiger partial charge < -0.3 is 10.2 Å². The van der Waals surface area contributed by atoms with Gasteiger partial charge in [0.25, 0.3) is 0 Å². The van der Waals surface area contributed by atoms with Crippen LogP contribution < -0.4 is 10.2 Å². The van der Waals surface area contributed by atoms with Crippen molar-refractivity contribution in [1.82, 2.24) is 5.32 Å². The molecule has 0 saturated carbocycles. The number of nitrogens with one attached hydrogen (secondary N) is 1. The van der Waals surface area contributed by atoms with E-state index in [1.165, 1.54) is 16.8 Å². The first-order valence-corrected chi connectivity index (χ1v) is 7.34. The summed E-state index contributed by atoms with van der Waals surface area (Å²) in [7, 11) is 2.15. The highest BCUT2D eigenvalue weighted by atomic mass is 79.9. The zero-order valence-corrected chi connectivity index (χ0v) is 12.5. The molecule has 0 fully saturated rings. The summed E-state index contributed by atoms with van der Waals surface area (Å²) < 4.78 is 1.13. The molecule has 0 aliphatic carbocycles. The molecule has 1 heterocycles. The Kier molecular flexibility index (Phi) is 3.58. The topological polar surface area (TPSA) is 15.3 Å². The Morgan fingerprint density at radius 2 is 1.95 bits per heavy atom. The van der Waals surface area contributed by atoms with E-state index in [1.807, 2.05) is 0 Å². The van der Waals surface area contributed by atoms with E-state index in [2.05, 4.69) is 81.7 Å². The van der Waals surface area contributed by atoms with Crippen LogP contribution in [-0.4, -0.2) is 20.1 Å². The van der Waals surface area contributed by atoms with Crippen molar-refractivity contribution in [3.8, 4) is 0 Å². The van der Waals surface area contributed by atoms with Crippen molar-refractivity contribution in [2.45, 2.75) is 6.04 Å². The Hall–Kier alpha value is -1.32. The number of likely N-dealkylation sites (N-methyl/N-ethyl adjacent to an activating group) is 1. The number of anilines is 1. The molecule has 0 saturated heterocycles. The number of halogens is 1. The molecule has 2 nitrogen and oxygen atoms in total. The fraction of sp³-hybridized carbons (Fsp3) is 0.250. The van der Waals surface area contributed by atoms with Gasteiger partial charge in [-0.2, -0.15) is 0 Å². The third-order valence-electron chi connectivity index (χ3n) is 3.64. The summed E-state index contributed by atoms with van der Waals surface area (Å²) in [6.07, 6.45) is 0. The summed E-state index contributed by atoms with van der Waals surface area (Å²) in [5, 5.41) is 3.65. The van der Waals surface area contributed by atoms with E-state index in [9.17, 15) is 0 Å². The monoisotopic (exact) mass is 316 g/mol. The van der Waals surface area contributed by atoms with E-state index in [0.717, 1.165) is 17.6 Å². The Labute approximate surface area is 122 Å². The van der Waals surface area contributed by atoms with Gasteiger partial charge in [-0.15, -0.1) is 0 Å². The second-order valence-corrected chi connectivity index (χ2v) is 5.84. The Bertz CT molecular complexity index is 568. The maximum Gasteiger partial charge on any atom is 0.0598 e. The van der Waals surface area contributed by atoms with E-state index < -0.39 is 0 Å². The van der Waals surface area contributed by atoms with Gasteiger partial charge in [0.05, 0.1) is 6.04 Å². The first kappa shape index (κ1) is 12.7. The third-order valence-corrected chi connectivity index (χ3v) is 4.13. The smallest absolute Gasteiger partial charge is 0.0598 e. The molecular weight excluding hydrogens is 300 g/mol. The molecule has 19 heavy (non-hydrogen) atoms. The largest absolute Gasteiger partial charge is 0.373 e. The summed E-state index contributed by atoms with van der Waals surface area (Å²) in [6, 6.07) is 17.4. The first-order valence-electron chi connectivity index (χ1n) is 6.54. The normalized spacial score (nSPS) is 18.8. The quantitative estimate of drug-likeness (QED) is 0.865. The van der Waals surface area contributed by atoms with Gasteiger partial charge in [0.15, 0.2) is 0 Å².